The third kappa shape index (κ3) is 2.88. The molecule has 1 aliphatic rings. The maximum atomic E-state index is 12.4. The van der Waals surface area contributed by atoms with Gasteiger partial charge in [0.15, 0.2) is 0 Å². The van der Waals surface area contributed by atoms with Gasteiger partial charge in [0, 0.05) is 30.4 Å². The first-order valence-electron chi connectivity index (χ1n) is 7.56. The van der Waals surface area contributed by atoms with Gasteiger partial charge >= 0.3 is 6.02 Å². The number of pyridine rings is 1. The minimum atomic E-state index is -0.240. The van der Waals surface area contributed by atoms with Crippen LogP contribution in [0.4, 0.5) is 0 Å². The summed E-state index contributed by atoms with van der Waals surface area (Å²) in [6.07, 6.45) is 5.02. The van der Waals surface area contributed by atoms with Crippen molar-refractivity contribution >= 4 is 40.6 Å². The molecule has 1 N–H and O–H groups in total. The number of aromatic nitrogens is 2. The van der Waals surface area contributed by atoms with Crippen LogP contribution in [0, 0.1) is 0 Å². The number of halogens is 1. The van der Waals surface area contributed by atoms with Crippen molar-refractivity contribution in [2.24, 2.45) is 4.99 Å². The Kier molecular flexibility index (Phi) is 3.74. The second kappa shape index (κ2) is 6.07. The quantitative estimate of drug-likeness (QED) is 0.718. The molecule has 0 spiro atoms. The van der Waals surface area contributed by atoms with Crippen LogP contribution in [-0.4, -0.2) is 33.8 Å². The minimum Gasteiger partial charge on any atom is -0.425 e. The molecule has 6 nitrogen and oxygen atoms in total. The molecule has 0 fully saturated rings. The number of carbonyl (C=O) groups is 1. The highest BCUT2D eigenvalue weighted by molar-refractivity contribution is 6.31. The van der Waals surface area contributed by atoms with Crippen molar-refractivity contribution in [1.82, 2.24) is 14.9 Å². The number of amidine groups is 1. The number of carbonyl (C=O) groups excluding carboxylic acids is 1. The van der Waals surface area contributed by atoms with Gasteiger partial charge in [0.2, 0.25) is 0 Å². The molecule has 2 aromatic heterocycles. The molecule has 7 heteroatoms. The van der Waals surface area contributed by atoms with Crippen LogP contribution in [0.3, 0.4) is 0 Å². The predicted molar refractivity (Wildman–Crippen MR) is 96.4 cm³/mol. The Morgan fingerprint density at radius 2 is 2.08 bits per heavy atom. The number of hydrogen-bond donors (Lipinski definition) is 1. The standard InChI is InChI=1S/C18H13ClN4O2/c1-23-17(24)15(22-18(23)25-13-5-3-2-4-6-13)7-11-9-20-16-14(11)8-12(19)10-21-16/h2-10H,1H3,(H,20,21)/b15-7-. The van der Waals surface area contributed by atoms with Gasteiger partial charge in [-0.2, -0.15) is 4.99 Å². The fourth-order valence-corrected chi connectivity index (χ4v) is 2.69. The fourth-order valence-electron chi connectivity index (χ4n) is 2.53. The first-order valence-corrected chi connectivity index (χ1v) is 7.93. The Morgan fingerprint density at radius 3 is 2.88 bits per heavy atom. The molecule has 0 radical (unpaired) electrons. The summed E-state index contributed by atoms with van der Waals surface area (Å²) in [5.74, 6) is 0.375. The van der Waals surface area contributed by atoms with Crippen molar-refractivity contribution in [3.05, 3.63) is 65.1 Å². The smallest absolute Gasteiger partial charge is 0.305 e. The van der Waals surface area contributed by atoms with Gasteiger partial charge in [0.25, 0.3) is 5.91 Å². The van der Waals surface area contributed by atoms with Crippen LogP contribution < -0.4 is 4.74 Å². The largest absolute Gasteiger partial charge is 0.425 e. The van der Waals surface area contributed by atoms with Gasteiger partial charge in [0.1, 0.15) is 17.1 Å². The molecule has 124 valence electrons. The maximum absolute atomic E-state index is 12.4. The minimum absolute atomic E-state index is 0.235. The zero-order valence-electron chi connectivity index (χ0n) is 13.2. The van der Waals surface area contributed by atoms with E-state index in [1.807, 2.05) is 18.2 Å². The van der Waals surface area contributed by atoms with Crippen molar-refractivity contribution in [2.45, 2.75) is 0 Å². The Balaban J connectivity index is 1.70. The van der Waals surface area contributed by atoms with E-state index in [1.54, 1.807) is 43.7 Å². The highest BCUT2D eigenvalue weighted by atomic mass is 35.5. The van der Waals surface area contributed by atoms with Crippen molar-refractivity contribution < 1.29 is 9.53 Å². The zero-order valence-corrected chi connectivity index (χ0v) is 14.0. The van der Waals surface area contributed by atoms with Gasteiger partial charge < -0.3 is 9.72 Å². The van der Waals surface area contributed by atoms with Gasteiger partial charge in [-0.25, -0.2) is 4.98 Å². The van der Waals surface area contributed by atoms with E-state index >= 15 is 0 Å². The van der Waals surface area contributed by atoms with E-state index in [0.29, 0.717) is 16.4 Å². The van der Waals surface area contributed by atoms with E-state index < -0.39 is 0 Å². The summed E-state index contributed by atoms with van der Waals surface area (Å²) in [5.41, 5.74) is 1.76. The molecule has 0 saturated carbocycles. The lowest BCUT2D eigenvalue weighted by molar-refractivity contribution is -0.122. The molecule has 0 aliphatic carbocycles. The molecule has 1 aromatic carbocycles. The van der Waals surface area contributed by atoms with E-state index in [9.17, 15) is 4.79 Å². The van der Waals surface area contributed by atoms with E-state index in [1.165, 1.54) is 4.90 Å². The maximum Gasteiger partial charge on any atom is 0.305 e. The summed E-state index contributed by atoms with van der Waals surface area (Å²) in [6, 6.07) is 11.2. The Labute approximate surface area is 148 Å². The Morgan fingerprint density at radius 1 is 1.28 bits per heavy atom. The summed E-state index contributed by atoms with van der Waals surface area (Å²) in [6.45, 7) is 0. The molecule has 0 saturated heterocycles. The number of rotatable bonds is 2. The van der Waals surface area contributed by atoms with Gasteiger partial charge in [-0.15, -0.1) is 0 Å². The average molecular weight is 353 g/mol. The van der Waals surface area contributed by atoms with Gasteiger partial charge in [-0.05, 0) is 24.3 Å². The molecule has 25 heavy (non-hydrogen) atoms. The van der Waals surface area contributed by atoms with Crippen molar-refractivity contribution in [3.8, 4) is 5.75 Å². The van der Waals surface area contributed by atoms with E-state index in [-0.39, 0.29) is 17.6 Å². The molecule has 1 amide bonds. The van der Waals surface area contributed by atoms with E-state index in [2.05, 4.69) is 15.0 Å². The van der Waals surface area contributed by atoms with Crippen molar-refractivity contribution in [3.63, 3.8) is 0 Å². The summed E-state index contributed by atoms with van der Waals surface area (Å²) < 4.78 is 5.69. The molecular weight excluding hydrogens is 340 g/mol. The number of para-hydroxylation sites is 1. The van der Waals surface area contributed by atoms with E-state index in [4.69, 9.17) is 16.3 Å². The van der Waals surface area contributed by atoms with Crippen molar-refractivity contribution in [2.75, 3.05) is 7.05 Å². The van der Waals surface area contributed by atoms with Crippen LogP contribution in [0.5, 0.6) is 5.75 Å². The fraction of sp³-hybridized carbons (Fsp3) is 0.0556. The third-order valence-corrected chi connectivity index (χ3v) is 4.01. The second-order valence-electron chi connectivity index (χ2n) is 5.50. The Hall–Kier alpha value is -3.12. The number of aromatic amines is 1. The summed E-state index contributed by atoms with van der Waals surface area (Å²) in [5, 5.41) is 1.35. The summed E-state index contributed by atoms with van der Waals surface area (Å²) >= 11 is 6.01. The molecule has 3 aromatic rings. The number of aliphatic imine (C=N–C) groups is 1. The number of likely N-dealkylation sites (N-methyl/N-ethyl adjacent to an activating group) is 1. The molecule has 3 heterocycles. The lowest BCUT2D eigenvalue weighted by Crippen LogP contribution is -2.31. The second-order valence-corrected chi connectivity index (χ2v) is 5.93. The number of benzene rings is 1. The number of fused-ring (bicyclic) bond motifs is 1. The normalized spacial score (nSPS) is 15.9. The van der Waals surface area contributed by atoms with Crippen LogP contribution >= 0.6 is 11.6 Å². The number of H-pyrrole nitrogens is 1. The third-order valence-electron chi connectivity index (χ3n) is 3.80. The zero-order chi connectivity index (χ0) is 17.4. The molecule has 4 rings (SSSR count). The van der Waals surface area contributed by atoms with Gasteiger partial charge in [0.05, 0.1) is 5.02 Å². The van der Waals surface area contributed by atoms with Gasteiger partial charge in [-0.3, -0.25) is 9.69 Å². The molecule has 0 bridgehead atoms. The molecule has 0 unspecified atom stereocenters. The highest BCUT2D eigenvalue weighted by Gasteiger charge is 2.29. The average Bonchev–Trinajstić information content (AvgIpc) is 3.13. The predicted octanol–water partition coefficient (Wildman–Crippen LogP) is 3.46. The topological polar surface area (TPSA) is 70.6 Å². The molecule has 0 atom stereocenters. The van der Waals surface area contributed by atoms with Crippen molar-refractivity contribution in [1.29, 1.82) is 0 Å². The van der Waals surface area contributed by atoms with Crippen LogP contribution in [-0.2, 0) is 4.79 Å². The van der Waals surface area contributed by atoms with Gasteiger partial charge in [-0.1, -0.05) is 29.8 Å². The number of nitrogens with one attached hydrogen (secondary N) is 1. The first kappa shape index (κ1) is 15.4. The monoisotopic (exact) mass is 352 g/mol. The lowest BCUT2D eigenvalue weighted by atomic mass is 10.2. The SMILES string of the molecule is CN1C(=O)/C(=C/c2c[nH]c3ncc(Cl)cc23)N=C1Oc1ccccc1. The first-order chi connectivity index (χ1) is 12.1. The highest BCUT2D eigenvalue weighted by Crippen LogP contribution is 2.25. The number of ether oxygens (including phenoxy) is 1. The number of amides is 1. The Bertz CT molecular complexity index is 1020. The van der Waals surface area contributed by atoms with E-state index in [0.717, 1.165) is 10.9 Å². The summed E-state index contributed by atoms with van der Waals surface area (Å²) in [7, 11) is 1.62. The van der Waals surface area contributed by atoms with Crippen LogP contribution in [0.15, 0.2) is 59.5 Å². The number of hydrogen-bond acceptors (Lipinski definition) is 4. The van der Waals surface area contributed by atoms with Crippen LogP contribution in [0.1, 0.15) is 5.56 Å². The summed E-state index contributed by atoms with van der Waals surface area (Å²) in [4.78, 5) is 25.4. The van der Waals surface area contributed by atoms with Crippen LogP contribution in [0.2, 0.25) is 5.02 Å². The molecular formula is C18H13ClN4O2. The lowest BCUT2D eigenvalue weighted by Gasteiger charge is -2.11. The van der Waals surface area contributed by atoms with Crippen LogP contribution in [0.25, 0.3) is 17.1 Å². The number of nitrogens with zero attached hydrogens (tertiary/aromatic N) is 3. The molecule has 1 aliphatic heterocycles.